The van der Waals surface area contributed by atoms with Gasteiger partial charge in [0.05, 0.1) is 0 Å². The van der Waals surface area contributed by atoms with Crippen LogP contribution in [0.4, 0.5) is 0 Å². The fraction of sp³-hybridized carbons (Fsp3) is 0.231. The molecule has 0 aromatic heterocycles. The van der Waals surface area contributed by atoms with Gasteiger partial charge in [-0.15, -0.1) is 11.8 Å². The van der Waals surface area contributed by atoms with E-state index in [1.165, 1.54) is 0 Å². The van der Waals surface area contributed by atoms with Crippen molar-refractivity contribution in [2.45, 2.75) is 18.2 Å². The molecule has 1 N–H and O–H groups in total. The summed E-state index contributed by atoms with van der Waals surface area (Å²) in [5.74, 6) is -0.362. The van der Waals surface area contributed by atoms with E-state index >= 15 is 0 Å². The van der Waals surface area contributed by atoms with Crippen LogP contribution < -0.4 is 0 Å². The van der Waals surface area contributed by atoms with E-state index < -0.39 is 5.97 Å². The van der Waals surface area contributed by atoms with Crippen LogP contribution >= 0.6 is 11.8 Å². The van der Waals surface area contributed by atoms with Gasteiger partial charge >= 0.3 is 5.97 Å². The first-order chi connectivity index (χ1) is 8.13. The van der Waals surface area contributed by atoms with Crippen molar-refractivity contribution in [2.75, 3.05) is 5.75 Å². The molecule has 90 valence electrons. The van der Waals surface area contributed by atoms with Gasteiger partial charge in [0.15, 0.2) is 5.78 Å². The number of allylic oxidation sites excluding steroid dienone is 1. The molecule has 0 spiro atoms. The fourth-order valence-corrected chi connectivity index (χ4v) is 1.95. The molecule has 0 aliphatic carbocycles. The minimum Gasteiger partial charge on any atom is -0.478 e. The Kier molecular flexibility index (Phi) is 5.49. The number of carbonyl (C=O) groups excluding carboxylic acids is 1. The van der Waals surface area contributed by atoms with Gasteiger partial charge in [0.25, 0.3) is 0 Å². The molecule has 0 unspecified atom stereocenters. The molecule has 1 aromatic rings. The van der Waals surface area contributed by atoms with Gasteiger partial charge in [-0.05, 0) is 42.5 Å². The van der Waals surface area contributed by atoms with Gasteiger partial charge in [-0.25, -0.2) is 4.79 Å². The molecule has 0 fully saturated rings. The normalized spacial score (nSPS) is 10.6. The summed E-state index contributed by atoms with van der Waals surface area (Å²) in [6.45, 7) is 2.11. The Morgan fingerprint density at radius 1 is 1.24 bits per heavy atom. The van der Waals surface area contributed by atoms with E-state index in [1.54, 1.807) is 23.9 Å². The van der Waals surface area contributed by atoms with Crippen molar-refractivity contribution in [1.29, 1.82) is 0 Å². The van der Waals surface area contributed by atoms with Crippen LogP contribution in [-0.2, 0) is 4.79 Å². The van der Waals surface area contributed by atoms with Crippen molar-refractivity contribution < 1.29 is 14.7 Å². The predicted octanol–water partition coefficient (Wildman–Crippen LogP) is 3.01. The quantitative estimate of drug-likeness (QED) is 0.479. The largest absolute Gasteiger partial charge is 0.478 e. The zero-order valence-corrected chi connectivity index (χ0v) is 10.4. The standard InChI is InChI=1S/C13H14O3S/c1-2-9-17-11-5-3-10(4-6-11)12(14)7-8-13(15)16/h3-8H,2,9H2,1H3,(H,15,16)/b8-7+. The zero-order chi connectivity index (χ0) is 12.7. The number of hydrogen-bond acceptors (Lipinski definition) is 3. The second-order valence-corrected chi connectivity index (χ2v) is 4.58. The summed E-state index contributed by atoms with van der Waals surface area (Å²) in [4.78, 5) is 22.9. The van der Waals surface area contributed by atoms with Crippen LogP contribution in [-0.4, -0.2) is 22.6 Å². The number of rotatable bonds is 6. The van der Waals surface area contributed by atoms with Gasteiger partial charge in [-0.2, -0.15) is 0 Å². The second-order valence-electron chi connectivity index (χ2n) is 3.41. The average Bonchev–Trinajstić information content (AvgIpc) is 2.34. The van der Waals surface area contributed by atoms with Gasteiger partial charge in [-0.1, -0.05) is 6.92 Å². The first-order valence-corrected chi connectivity index (χ1v) is 6.30. The lowest BCUT2D eigenvalue weighted by Gasteiger charge is -2.00. The number of thioether (sulfide) groups is 1. The minimum absolute atomic E-state index is 0.292. The van der Waals surface area contributed by atoms with E-state index in [0.717, 1.165) is 29.2 Å². The number of hydrogen-bond donors (Lipinski definition) is 1. The second kappa shape index (κ2) is 6.91. The SMILES string of the molecule is CCCSc1ccc(C(=O)/C=C/C(=O)O)cc1. The third-order valence-corrected chi connectivity index (χ3v) is 3.21. The van der Waals surface area contributed by atoms with Crippen molar-refractivity contribution >= 4 is 23.5 Å². The molecule has 0 aliphatic rings. The zero-order valence-electron chi connectivity index (χ0n) is 9.55. The lowest BCUT2D eigenvalue weighted by Crippen LogP contribution is -1.96. The maximum absolute atomic E-state index is 11.5. The molecule has 4 heteroatoms. The molecule has 1 rings (SSSR count). The molecular weight excluding hydrogens is 236 g/mol. The Bertz CT molecular complexity index is 421. The summed E-state index contributed by atoms with van der Waals surface area (Å²) in [5, 5.41) is 8.41. The molecule has 0 aliphatic heterocycles. The molecule has 17 heavy (non-hydrogen) atoms. The van der Waals surface area contributed by atoms with Gasteiger partial charge < -0.3 is 5.11 Å². The van der Waals surface area contributed by atoms with Crippen molar-refractivity contribution in [3.63, 3.8) is 0 Å². The van der Waals surface area contributed by atoms with E-state index in [1.807, 2.05) is 12.1 Å². The van der Waals surface area contributed by atoms with Gasteiger partial charge in [0.2, 0.25) is 0 Å². The molecule has 0 atom stereocenters. The number of aliphatic carboxylic acids is 1. The molecule has 0 radical (unpaired) electrons. The van der Waals surface area contributed by atoms with E-state index in [2.05, 4.69) is 6.92 Å². The van der Waals surface area contributed by atoms with E-state index in [9.17, 15) is 9.59 Å². The number of carboxylic acid groups (broad SMARTS) is 1. The lowest BCUT2D eigenvalue weighted by atomic mass is 10.1. The highest BCUT2D eigenvalue weighted by atomic mass is 32.2. The topological polar surface area (TPSA) is 54.4 Å². The smallest absolute Gasteiger partial charge is 0.328 e. The van der Waals surface area contributed by atoms with Crippen LogP contribution in [0, 0.1) is 0 Å². The predicted molar refractivity (Wildman–Crippen MR) is 68.6 cm³/mol. The molecule has 0 saturated carbocycles. The highest BCUT2D eigenvalue weighted by Gasteiger charge is 2.02. The summed E-state index contributed by atoms with van der Waals surface area (Å²) in [7, 11) is 0. The first-order valence-electron chi connectivity index (χ1n) is 5.31. The van der Waals surface area contributed by atoms with E-state index in [0.29, 0.717) is 5.56 Å². The molecular formula is C13H14O3S. The third kappa shape index (κ3) is 4.87. The van der Waals surface area contributed by atoms with Crippen LogP contribution in [0.5, 0.6) is 0 Å². The van der Waals surface area contributed by atoms with Crippen molar-refractivity contribution in [3.05, 3.63) is 42.0 Å². The summed E-state index contributed by atoms with van der Waals surface area (Å²) in [6.07, 6.45) is 3.02. The maximum atomic E-state index is 11.5. The summed E-state index contributed by atoms with van der Waals surface area (Å²) in [5.41, 5.74) is 0.503. The summed E-state index contributed by atoms with van der Waals surface area (Å²) < 4.78 is 0. The molecule has 1 aromatic carbocycles. The van der Waals surface area contributed by atoms with Gasteiger partial charge in [0.1, 0.15) is 0 Å². The number of benzene rings is 1. The van der Waals surface area contributed by atoms with E-state index in [-0.39, 0.29) is 5.78 Å². The highest BCUT2D eigenvalue weighted by Crippen LogP contribution is 2.19. The Labute approximate surface area is 105 Å². The molecule has 0 bridgehead atoms. The summed E-state index contributed by atoms with van der Waals surface area (Å²) >= 11 is 1.74. The Balaban J connectivity index is 2.67. The van der Waals surface area contributed by atoms with Crippen LogP contribution in [0.1, 0.15) is 23.7 Å². The van der Waals surface area contributed by atoms with Gasteiger partial charge in [-0.3, -0.25) is 4.79 Å². The lowest BCUT2D eigenvalue weighted by molar-refractivity contribution is -0.131. The maximum Gasteiger partial charge on any atom is 0.328 e. The van der Waals surface area contributed by atoms with Crippen LogP contribution in [0.25, 0.3) is 0 Å². The summed E-state index contributed by atoms with van der Waals surface area (Å²) in [6, 6.07) is 7.18. The van der Waals surface area contributed by atoms with Crippen molar-refractivity contribution in [3.8, 4) is 0 Å². The Morgan fingerprint density at radius 3 is 2.41 bits per heavy atom. The van der Waals surface area contributed by atoms with Crippen LogP contribution in [0.15, 0.2) is 41.3 Å². The number of carbonyl (C=O) groups is 2. The molecule has 0 saturated heterocycles. The van der Waals surface area contributed by atoms with Crippen molar-refractivity contribution in [1.82, 2.24) is 0 Å². The molecule has 0 heterocycles. The number of ketones is 1. The molecule has 3 nitrogen and oxygen atoms in total. The van der Waals surface area contributed by atoms with Gasteiger partial charge in [0, 0.05) is 16.5 Å². The number of carboxylic acids is 1. The van der Waals surface area contributed by atoms with Crippen LogP contribution in [0.2, 0.25) is 0 Å². The fourth-order valence-electron chi connectivity index (χ4n) is 1.18. The Hall–Kier alpha value is -1.55. The Morgan fingerprint density at radius 2 is 1.88 bits per heavy atom. The first kappa shape index (κ1) is 13.5. The minimum atomic E-state index is -1.12. The van der Waals surface area contributed by atoms with Crippen LogP contribution in [0.3, 0.4) is 0 Å². The van der Waals surface area contributed by atoms with E-state index in [4.69, 9.17) is 5.11 Å². The highest BCUT2D eigenvalue weighted by molar-refractivity contribution is 7.99. The third-order valence-electron chi connectivity index (χ3n) is 1.99. The molecule has 0 amide bonds. The average molecular weight is 250 g/mol. The monoisotopic (exact) mass is 250 g/mol. The van der Waals surface area contributed by atoms with Crippen molar-refractivity contribution in [2.24, 2.45) is 0 Å².